The molecule has 0 bridgehead atoms. The van der Waals surface area contributed by atoms with Crippen molar-refractivity contribution in [2.45, 2.75) is 26.8 Å². The van der Waals surface area contributed by atoms with E-state index in [1.165, 1.54) is 0 Å². The van der Waals surface area contributed by atoms with Crippen molar-refractivity contribution in [1.29, 1.82) is 0 Å². The van der Waals surface area contributed by atoms with Gasteiger partial charge in [0.15, 0.2) is 17.3 Å². The molecule has 168 valence electrons. The highest BCUT2D eigenvalue weighted by atomic mass is 16.5. The van der Waals surface area contributed by atoms with Gasteiger partial charge >= 0.3 is 0 Å². The highest BCUT2D eigenvalue weighted by Gasteiger charge is 2.27. The van der Waals surface area contributed by atoms with Crippen LogP contribution in [0.5, 0.6) is 0 Å². The first-order chi connectivity index (χ1) is 15.6. The number of pyridine rings is 1. The van der Waals surface area contributed by atoms with Crippen LogP contribution in [0, 0.1) is 0 Å². The van der Waals surface area contributed by atoms with Gasteiger partial charge in [-0.1, -0.05) is 0 Å². The summed E-state index contributed by atoms with van der Waals surface area (Å²) in [5.41, 5.74) is 2.89. The molecule has 5 heterocycles. The number of morpholine rings is 1. The summed E-state index contributed by atoms with van der Waals surface area (Å²) in [5, 5.41) is 17.7. The van der Waals surface area contributed by atoms with E-state index in [4.69, 9.17) is 14.8 Å². The minimum atomic E-state index is 0.235. The average Bonchev–Trinajstić information content (AvgIpc) is 3.55. The second-order valence-corrected chi connectivity index (χ2v) is 8.03. The number of rotatable bonds is 6. The molecular weight excluding hydrogens is 406 g/mol. The van der Waals surface area contributed by atoms with E-state index in [1.807, 2.05) is 34.7 Å². The van der Waals surface area contributed by atoms with Crippen LogP contribution in [-0.2, 0) is 11.8 Å². The molecule has 0 amide bonds. The van der Waals surface area contributed by atoms with E-state index in [0.29, 0.717) is 13.2 Å². The Bertz CT molecular complexity index is 1210. The molecule has 4 aromatic heterocycles. The van der Waals surface area contributed by atoms with Crippen molar-refractivity contribution in [3.05, 3.63) is 30.6 Å². The number of nitrogens with one attached hydrogen (secondary N) is 1. The quantitative estimate of drug-likeness (QED) is 0.498. The van der Waals surface area contributed by atoms with Gasteiger partial charge in [-0.05, 0) is 32.9 Å². The van der Waals surface area contributed by atoms with Crippen LogP contribution in [0.2, 0.25) is 0 Å². The van der Waals surface area contributed by atoms with Crippen LogP contribution in [0.15, 0.2) is 30.6 Å². The third-order valence-corrected chi connectivity index (χ3v) is 6.14. The molecule has 0 radical (unpaired) electrons. The molecule has 1 aliphatic heterocycles. The number of H-pyrrole nitrogens is 1. The van der Waals surface area contributed by atoms with E-state index in [-0.39, 0.29) is 6.04 Å². The van der Waals surface area contributed by atoms with Gasteiger partial charge in [0.25, 0.3) is 0 Å². The van der Waals surface area contributed by atoms with Gasteiger partial charge in [-0.3, -0.25) is 9.78 Å². The Morgan fingerprint density at radius 3 is 2.72 bits per heavy atom. The Balaban J connectivity index is 1.84. The minimum Gasteiger partial charge on any atom is -0.377 e. The number of fused-ring (bicyclic) bond motifs is 1. The molecule has 32 heavy (non-hydrogen) atoms. The fraction of sp³-hybridized carbons (Fsp3) is 0.455. The lowest BCUT2D eigenvalue weighted by Gasteiger charge is -2.34. The van der Waals surface area contributed by atoms with E-state index >= 15 is 0 Å². The smallest absolute Gasteiger partial charge is 0.169 e. The molecule has 1 atom stereocenters. The lowest BCUT2D eigenvalue weighted by Crippen LogP contribution is -2.44. The third-order valence-electron chi connectivity index (χ3n) is 6.14. The molecule has 10 nitrogen and oxygen atoms in total. The number of aromatic nitrogens is 7. The average molecular weight is 436 g/mol. The first-order valence-corrected chi connectivity index (χ1v) is 11.1. The largest absolute Gasteiger partial charge is 0.377 e. The van der Waals surface area contributed by atoms with Crippen LogP contribution in [0.1, 0.15) is 20.8 Å². The number of nitrogens with zero attached hydrogens (tertiary/aromatic N) is 8. The second kappa shape index (κ2) is 8.27. The maximum atomic E-state index is 5.67. The number of ether oxygens (including phenoxy) is 1. The zero-order valence-electron chi connectivity index (χ0n) is 19.0. The standard InChI is InChI=1S/C22H29N9O/c1-5-29(6-2)22-20-16(17-7-10-24-28(17)4)13-19(30-11-12-32-14-15(30)3)25-21(20)31(27-22)18-8-9-23-26-18/h7-10,13,15H,5-6,11-12,14H2,1-4H3,(H,23,26)/t15-/m1/s1. The molecule has 5 rings (SSSR count). The maximum absolute atomic E-state index is 5.67. The zero-order valence-corrected chi connectivity index (χ0v) is 19.0. The van der Waals surface area contributed by atoms with E-state index in [9.17, 15) is 0 Å². The Hall–Kier alpha value is -3.40. The molecule has 4 aromatic rings. The van der Waals surface area contributed by atoms with Crippen molar-refractivity contribution in [3.63, 3.8) is 0 Å². The number of hydrogen-bond donors (Lipinski definition) is 1. The van der Waals surface area contributed by atoms with Gasteiger partial charge < -0.3 is 14.5 Å². The van der Waals surface area contributed by atoms with Crippen LogP contribution in [0.25, 0.3) is 28.1 Å². The summed E-state index contributed by atoms with van der Waals surface area (Å²) in [5.74, 6) is 2.60. The van der Waals surface area contributed by atoms with Gasteiger partial charge in [0.1, 0.15) is 5.82 Å². The molecule has 10 heteroatoms. The Morgan fingerprint density at radius 2 is 2.06 bits per heavy atom. The summed E-state index contributed by atoms with van der Waals surface area (Å²) in [6.45, 7) is 10.3. The topological polar surface area (TPSA) is 92.9 Å². The zero-order chi connectivity index (χ0) is 22.2. The van der Waals surface area contributed by atoms with E-state index in [1.54, 1.807) is 6.20 Å². The van der Waals surface area contributed by atoms with Crippen molar-refractivity contribution >= 4 is 22.7 Å². The Kier molecular flexibility index (Phi) is 5.30. The number of aryl methyl sites for hydroxylation is 1. The fourth-order valence-corrected chi connectivity index (χ4v) is 4.42. The molecule has 1 N–H and O–H groups in total. The molecular formula is C22H29N9O. The summed E-state index contributed by atoms with van der Waals surface area (Å²) in [6, 6.07) is 6.36. The van der Waals surface area contributed by atoms with Crippen LogP contribution < -0.4 is 9.80 Å². The molecule has 0 aliphatic carbocycles. The molecule has 0 aromatic carbocycles. The van der Waals surface area contributed by atoms with Crippen molar-refractivity contribution in [1.82, 2.24) is 34.7 Å². The summed E-state index contributed by atoms with van der Waals surface area (Å²) in [4.78, 5) is 9.71. The van der Waals surface area contributed by atoms with Gasteiger partial charge in [-0.15, -0.1) is 5.10 Å². The van der Waals surface area contributed by atoms with Crippen molar-refractivity contribution in [2.75, 3.05) is 42.6 Å². The Morgan fingerprint density at radius 1 is 1.22 bits per heavy atom. The first kappa shape index (κ1) is 20.5. The fourth-order valence-electron chi connectivity index (χ4n) is 4.42. The van der Waals surface area contributed by atoms with Crippen molar-refractivity contribution < 1.29 is 4.74 Å². The highest BCUT2D eigenvalue weighted by molar-refractivity contribution is 6.02. The van der Waals surface area contributed by atoms with Crippen LogP contribution >= 0.6 is 0 Å². The van der Waals surface area contributed by atoms with Crippen LogP contribution in [-0.4, -0.2) is 73.6 Å². The predicted molar refractivity (Wildman–Crippen MR) is 124 cm³/mol. The monoisotopic (exact) mass is 435 g/mol. The Labute approximate surface area is 186 Å². The minimum absolute atomic E-state index is 0.235. The van der Waals surface area contributed by atoms with Gasteiger partial charge in [0, 0.05) is 44.5 Å². The van der Waals surface area contributed by atoms with E-state index in [2.05, 4.69) is 51.9 Å². The number of anilines is 2. The SMILES string of the molecule is CCN(CC)c1nn(-c2ccn[nH]2)c2nc(N3CCOC[C@H]3C)cc(-c3ccnn3C)c12. The lowest BCUT2D eigenvalue weighted by molar-refractivity contribution is 0.0985. The molecule has 0 saturated carbocycles. The molecule has 0 spiro atoms. The third kappa shape index (κ3) is 3.31. The van der Waals surface area contributed by atoms with Gasteiger partial charge in [-0.25, -0.2) is 4.98 Å². The maximum Gasteiger partial charge on any atom is 0.169 e. The predicted octanol–water partition coefficient (Wildman–Crippen LogP) is 2.62. The second-order valence-electron chi connectivity index (χ2n) is 8.03. The normalized spacial score (nSPS) is 16.8. The molecule has 1 saturated heterocycles. The van der Waals surface area contributed by atoms with E-state index < -0.39 is 0 Å². The summed E-state index contributed by atoms with van der Waals surface area (Å²) >= 11 is 0. The van der Waals surface area contributed by atoms with Gasteiger partial charge in [0.05, 0.1) is 36.5 Å². The number of hydrogen-bond acceptors (Lipinski definition) is 7. The van der Waals surface area contributed by atoms with Crippen LogP contribution in [0.4, 0.5) is 11.6 Å². The summed E-state index contributed by atoms with van der Waals surface area (Å²) in [7, 11) is 1.97. The summed E-state index contributed by atoms with van der Waals surface area (Å²) in [6.07, 6.45) is 3.56. The van der Waals surface area contributed by atoms with E-state index in [0.717, 1.165) is 59.4 Å². The lowest BCUT2D eigenvalue weighted by atomic mass is 10.1. The van der Waals surface area contributed by atoms with Gasteiger partial charge in [0.2, 0.25) is 0 Å². The highest BCUT2D eigenvalue weighted by Crippen LogP contribution is 2.38. The molecule has 1 fully saturated rings. The number of aromatic amines is 1. The summed E-state index contributed by atoms with van der Waals surface area (Å²) < 4.78 is 9.44. The molecule has 0 unspecified atom stereocenters. The first-order valence-electron chi connectivity index (χ1n) is 11.1. The van der Waals surface area contributed by atoms with Gasteiger partial charge in [-0.2, -0.15) is 14.9 Å². The van der Waals surface area contributed by atoms with Crippen molar-refractivity contribution in [2.24, 2.45) is 7.05 Å². The van der Waals surface area contributed by atoms with Crippen LogP contribution in [0.3, 0.4) is 0 Å². The molecule has 1 aliphatic rings. The van der Waals surface area contributed by atoms with Crippen molar-refractivity contribution in [3.8, 4) is 17.1 Å².